The van der Waals surface area contributed by atoms with Crippen molar-refractivity contribution in [2.45, 2.75) is 6.42 Å². The highest BCUT2D eigenvalue weighted by Crippen LogP contribution is 1.93. The quantitative estimate of drug-likeness (QED) is 0.489. The van der Waals surface area contributed by atoms with Gasteiger partial charge >= 0.3 is 0 Å². The minimum Gasteiger partial charge on any atom is -0.290 e. The fourth-order valence-corrected chi connectivity index (χ4v) is 0.568. The van der Waals surface area contributed by atoms with Gasteiger partial charge < -0.3 is 0 Å². The molecule has 0 saturated carbocycles. The van der Waals surface area contributed by atoms with Crippen LogP contribution in [-0.4, -0.2) is 21.0 Å². The van der Waals surface area contributed by atoms with E-state index in [1.165, 1.54) is 12.4 Å². The molecule has 0 saturated heterocycles. The number of rotatable bonds is 3. The van der Waals surface area contributed by atoms with Gasteiger partial charge in [-0.3, -0.25) is 9.89 Å². The Balaban J connectivity index is 2.68. The summed E-state index contributed by atoms with van der Waals surface area (Å²) in [5, 5.41) is 6.00. The Morgan fingerprint density at radius 1 is 1.90 bits per heavy atom. The second-order valence-electron chi connectivity index (χ2n) is 1.75. The Kier molecular flexibility index (Phi) is 1.94. The Morgan fingerprint density at radius 2 is 2.70 bits per heavy atom. The van der Waals surface area contributed by atoms with Gasteiger partial charge in [-0.25, -0.2) is 4.98 Å². The standard InChI is InChI=1S/C6H7N3O/c1-2-3-5(10)6-7-4-8-9-6/h2,4H,1,3H2,(H,7,8,9). The lowest BCUT2D eigenvalue weighted by Gasteiger charge is -1.86. The maximum Gasteiger partial charge on any atom is 0.203 e. The van der Waals surface area contributed by atoms with Crippen molar-refractivity contribution >= 4 is 5.78 Å². The summed E-state index contributed by atoms with van der Waals surface area (Å²) in [5.74, 6) is 0.201. The first-order valence-electron chi connectivity index (χ1n) is 2.84. The smallest absolute Gasteiger partial charge is 0.203 e. The molecule has 0 fully saturated rings. The summed E-state index contributed by atoms with van der Waals surface area (Å²) in [6.07, 6.45) is 3.14. The minimum atomic E-state index is -0.0903. The molecule has 0 amide bonds. The van der Waals surface area contributed by atoms with E-state index < -0.39 is 0 Å². The summed E-state index contributed by atoms with van der Waals surface area (Å²) in [7, 11) is 0. The van der Waals surface area contributed by atoms with Crippen molar-refractivity contribution in [1.82, 2.24) is 15.2 Å². The number of nitrogens with one attached hydrogen (secondary N) is 1. The van der Waals surface area contributed by atoms with Gasteiger partial charge in [0.05, 0.1) is 0 Å². The molecule has 1 N–H and O–H groups in total. The molecular formula is C6H7N3O. The average molecular weight is 137 g/mol. The third-order valence-corrected chi connectivity index (χ3v) is 1.01. The second kappa shape index (κ2) is 2.91. The van der Waals surface area contributed by atoms with Crippen molar-refractivity contribution < 1.29 is 4.79 Å². The Morgan fingerprint density at radius 3 is 3.20 bits per heavy atom. The molecule has 0 aliphatic rings. The van der Waals surface area contributed by atoms with E-state index in [0.29, 0.717) is 12.2 Å². The zero-order chi connectivity index (χ0) is 7.40. The zero-order valence-corrected chi connectivity index (χ0v) is 5.37. The monoisotopic (exact) mass is 137 g/mol. The van der Waals surface area contributed by atoms with E-state index in [2.05, 4.69) is 21.8 Å². The third-order valence-electron chi connectivity index (χ3n) is 1.01. The Labute approximate surface area is 58.0 Å². The number of H-pyrrole nitrogens is 1. The van der Waals surface area contributed by atoms with Crippen LogP contribution in [0.5, 0.6) is 0 Å². The van der Waals surface area contributed by atoms with Gasteiger partial charge in [-0.1, -0.05) is 6.08 Å². The Hall–Kier alpha value is -1.45. The molecule has 10 heavy (non-hydrogen) atoms. The number of aromatic nitrogens is 3. The maximum absolute atomic E-state index is 10.9. The van der Waals surface area contributed by atoms with Crippen LogP contribution in [0.3, 0.4) is 0 Å². The summed E-state index contributed by atoms with van der Waals surface area (Å²) in [6.45, 7) is 3.43. The molecule has 1 aromatic rings. The highest BCUT2D eigenvalue weighted by molar-refractivity contribution is 5.93. The van der Waals surface area contributed by atoms with Gasteiger partial charge in [0.15, 0.2) is 5.82 Å². The first-order valence-corrected chi connectivity index (χ1v) is 2.84. The molecule has 0 radical (unpaired) electrons. The number of allylic oxidation sites excluding steroid dienone is 1. The van der Waals surface area contributed by atoms with Crippen LogP contribution >= 0.6 is 0 Å². The number of Topliss-reactive ketones (excluding diaryl/α,β-unsaturated/α-hetero) is 1. The topological polar surface area (TPSA) is 58.6 Å². The normalized spacial score (nSPS) is 9.20. The first kappa shape index (κ1) is 6.67. The number of carbonyl (C=O) groups is 1. The molecule has 0 unspecified atom stereocenters. The molecule has 4 nitrogen and oxygen atoms in total. The van der Waals surface area contributed by atoms with Crippen molar-refractivity contribution in [3.8, 4) is 0 Å². The van der Waals surface area contributed by atoms with Crippen LogP contribution < -0.4 is 0 Å². The fraction of sp³-hybridized carbons (Fsp3) is 0.167. The second-order valence-corrected chi connectivity index (χ2v) is 1.75. The third kappa shape index (κ3) is 1.28. The van der Waals surface area contributed by atoms with Crippen LogP contribution in [0, 0.1) is 0 Å². The predicted octanol–water partition coefficient (Wildman–Crippen LogP) is 0.563. The minimum absolute atomic E-state index is 0.0903. The van der Waals surface area contributed by atoms with E-state index in [-0.39, 0.29) is 5.78 Å². The van der Waals surface area contributed by atoms with Crippen molar-refractivity contribution in [2.75, 3.05) is 0 Å². The largest absolute Gasteiger partial charge is 0.290 e. The molecule has 1 rings (SSSR count). The summed E-state index contributed by atoms with van der Waals surface area (Å²) in [5.41, 5.74) is 0. The van der Waals surface area contributed by atoms with Gasteiger partial charge in [0, 0.05) is 6.42 Å². The highest BCUT2D eigenvalue weighted by atomic mass is 16.1. The zero-order valence-electron chi connectivity index (χ0n) is 5.37. The van der Waals surface area contributed by atoms with E-state index in [9.17, 15) is 4.79 Å². The van der Waals surface area contributed by atoms with Crippen LogP contribution in [0.15, 0.2) is 19.0 Å². The van der Waals surface area contributed by atoms with E-state index in [1.54, 1.807) is 0 Å². The SMILES string of the molecule is C=CCC(=O)c1ncn[nH]1. The number of hydrogen-bond donors (Lipinski definition) is 1. The van der Waals surface area contributed by atoms with Crippen LogP contribution in [0.2, 0.25) is 0 Å². The maximum atomic E-state index is 10.9. The van der Waals surface area contributed by atoms with Crippen LogP contribution in [0.1, 0.15) is 17.0 Å². The molecule has 0 aliphatic heterocycles. The molecule has 4 heteroatoms. The summed E-state index contributed by atoms with van der Waals surface area (Å²) in [4.78, 5) is 14.6. The number of carbonyl (C=O) groups excluding carboxylic acids is 1. The van der Waals surface area contributed by atoms with Gasteiger partial charge in [0.1, 0.15) is 6.33 Å². The molecule has 1 heterocycles. The van der Waals surface area contributed by atoms with Crippen LogP contribution in [0.4, 0.5) is 0 Å². The summed E-state index contributed by atoms with van der Waals surface area (Å²) < 4.78 is 0. The van der Waals surface area contributed by atoms with E-state index in [4.69, 9.17) is 0 Å². The van der Waals surface area contributed by atoms with Crippen molar-refractivity contribution in [3.05, 3.63) is 24.8 Å². The predicted molar refractivity (Wildman–Crippen MR) is 35.5 cm³/mol. The lowest BCUT2D eigenvalue weighted by atomic mass is 10.3. The molecule has 0 spiro atoms. The molecule has 1 aromatic heterocycles. The number of nitrogens with zero attached hydrogens (tertiary/aromatic N) is 2. The molecule has 0 aliphatic carbocycles. The van der Waals surface area contributed by atoms with Gasteiger partial charge in [-0.05, 0) is 0 Å². The molecule has 0 aromatic carbocycles. The van der Waals surface area contributed by atoms with Crippen molar-refractivity contribution in [2.24, 2.45) is 0 Å². The van der Waals surface area contributed by atoms with Gasteiger partial charge in [-0.15, -0.1) is 6.58 Å². The lowest BCUT2D eigenvalue weighted by Crippen LogP contribution is -1.99. The van der Waals surface area contributed by atoms with E-state index >= 15 is 0 Å². The number of aromatic amines is 1. The summed E-state index contributed by atoms with van der Waals surface area (Å²) in [6, 6.07) is 0. The fourth-order valence-electron chi connectivity index (χ4n) is 0.568. The van der Waals surface area contributed by atoms with Gasteiger partial charge in [0.2, 0.25) is 5.78 Å². The van der Waals surface area contributed by atoms with Crippen molar-refractivity contribution in [3.63, 3.8) is 0 Å². The van der Waals surface area contributed by atoms with E-state index in [0.717, 1.165) is 0 Å². The van der Waals surface area contributed by atoms with Crippen LogP contribution in [0.25, 0.3) is 0 Å². The number of ketones is 1. The van der Waals surface area contributed by atoms with Gasteiger partial charge in [-0.2, -0.15) is 5.10 Å². The average Bonchev–Trinajstić information content (AvgIpc) is 2.38. The molecule has 0 atom stereocenters. The molecular weight excluding hydrogens is 130 g/mol. The Bertz CT molecular complexity index is 227. The van der Waals surface area contributed by atoms with E-state index in [1.807, 2.05) is 0 Å². The molecule has 0 bridgehead atoms. The lowest BCUT2D eigenvalue weighted by molar-refractivity contribution is 0.0986. The van der Waals surface area contributed by atoms with Gasteiger partial charge in [0.25, 0.3) is 0 Å². The van der Waals surface area contributed by atoms with Crippen molar-refractivity contribution in [1.29, 1.82) is 0 Å². The molecule has 52 valence electrons. The first-order chi connectivity index (χ1) is 4.84. The highest BCUT2D eigenvalue weighted by Gasteiger charge is 2.04. The number of hydrogen-bond acceptors (Lipinski definition) is 3. The summed E-state index contributed by atoms with van der Waals surface area (Å²) >= 11 is 0. The van der Waals surface area contributed by atoms with Crippen LogP contribution in [-0.2, 0) is 0 Å².